The molecular formula is C28H33Cl3N6O3. The molecule has 2 N–H and O–H groups in total. The van der Waals surface area contributed by atoms with Crippen molar-refractivity contribution in [3.63, 3.8) is 0 Å². The van der Waals surface area contributed by atoms with Crippen LogP contribution < -0.4 is 15.0 Å². The van der Waals surface area contributed by atoms with Gasteiger partial charge in [-0.05, 0) is 75.1 Å². The van der Waals surface area contributed by atoms with Crippen molar-refractivity contribution in [2.75, 3.05) is 38.1 Å². The number of carboxylic acid groups (broad SMARTS) is 1. The third-order valence-electron chi connectivity index (χ3n) is 7.31. The van der Waals surface area contributed by atoms with Gasteiger partial charge in [-0.3, -0.25) is 9.69 Å². The van der Waals surface area contributed by atoms with Crippen LogP contribution in [0.1, 0.15) is 31.2 Å². The number of benzene rings is 1. The Morgan fingerprint density at radius 2 is 1.75 bits per heavy atom. The zero-order valence-electron chi connectivity index (χ0n) is 22.2. The number of hydrogen-bond acceptors (Lipinski definition) is 8. The van der Waals surface area contributed by atoms with Crippen LogP contribution in [0.25, 0.3) is 11.3 Å². The van der Waals surface area contributed by atoms with E-state index in [4.69, 9.17) is 38.0 Å². The van der Waals surface area contributed by atoms with Crippen LogP contribution in [-0.2, 0) is 11.3 Å². The summed E-state index contributed by atoms with van der Waals surface area (Å²) in [5.41, 5.74) is 2.51. The van der Waals surface area contributed by atoms with Crippen LogP contribution in [0.3, 0.4) is 0 Å². The summed E-state index contributed by atoms with van der Waals surface area (Å²) < 4.78 is 6.13. The number of pyridine rings is 1. The molecule has 5 rings (SSSR count). The minimum absolute atomic E-state index is 0. The van der Waals surface area contributed by atoms with Gasteiger partial charge in [-0.1, -0.05) is 23.2 Å². The number of nitrogens with one attached hydrogen (secondary N) is 1. The maximum absolute atomic E-state index is 11.1. The van der Waals surface area contributed by atoms with Gasteiger partial charge in [0.05, 0.1) is 18.1 Å². The standard InChI is InChI=1S/C28H32Cl2N6O3.ClH/c1-31-23-4-7-36(17-23)28-32-14-24(15-33-28)39-26-9-19(16-35-5-2-18(3-6-35)10-27(37)38)8-25(34-26)20-11-21(29)13-22(30)12-20;/h8-9,11-15,18,23,31H,2-7,10,16-17H2,1H3,(H,37,38);1H/t23-;/m0./s1. The summed E-state index contributed by atoms with van der Waals surface area (Å²) in [4.78, 5) is 29.4. The largest absolute Gasteiger partial charge is 0.481 e. The molecule has 2 aromatic heterocycles. The number of likely N-dealkylation sites (tertiary alicyclic amines) is 1. The topological polar surface area (TPSA) is 104 Å². The molecule has 214 valence electrons. The van der Waals surface area contributed by atoms with Crippen molar-refractivity contribution >= 4 is 47.5 Å². The van der Waals surface area contributed by atoms with E-state index in [0.29, 0.717) is 45.9 Å². The molecule has 0 unspecified atom stereocenters. The van der Waals surface area contributed by atoms with Crippen molar-refractivity contribution in [3.8, 4) is 22.9 Å². The van der Waals surface area contributed by atoms with Gasteiger partial charge < -0.3 is 20.1 Å². The van der Waals surface area contributed by atoms with Gasteiger partial charge in [-0.25, -0.2) is 15.0 Å². The first-order chi connectivity index (χ1) is 18.8. The zero-order valence-corrected chi connectivity index (χ0v) is 24.6. The fourth-order valence-corrected chi connectivity index (χ4v) is 5.76. The second-order valence-electron chi connectivity index (χ2n) is 10.2. The molecule has 3 aromatic rings. The predicted octanol–water partition coefficient (Wildman–Crippen LogP) is 5.54. The lowest BCUT2D eigenvalue weighted by Gasteiger charge is -2.31. The smallest absolute Gasteiger partial charge is 0.303 e. The third kappa shape index (κ3) is 7.95. The van der Waals surface area contributed by atoms with E-state index in [-0.39, 0.29) is 24.7 Å². The third-order valence-corrected chi connectivity index (χ3v) is 7.75. The molecule has 40 heavy (non-hydrogen) atoms. The number of carboxylic acids is 1. The summed E-state index contributed by atoms with van der Waals surface area (Å²) in [6, 6.07) is 9.72. The number of carbonyl (C=O) groups is 1. The number of piperidine rings is 1. The number of rotatable bonds is 9. The monoisotopic (exact) mass is 606 g/mol. The van der Waals surface area contributed by atoms with Crippen molar-refractivity contribution in [2.45, 2.75) is 38.3 Å². The molecule has 4 heterocycles. The lowest BCUT2D eigenvalue weighted by atomic mass is 9.93. The number of nitrogens with zero attached hydrogens (tertiary/aromatic N) is 5. The van der Waals surface area contributed by atoms with Crippen molar-refractivity contribution in [2.24, 2.45) is 5.92 Å². The van der Waals surface area contributed by atoms with Crippen molar-refractivity contribution in [1.82, 2.24) is 25.2 Å². The van der Waals surface area contributed by atoms with Gasteiger partial charge in [0.1, 0.15) is 0 Å². The Kier molecular flexibility index (Phi) is 10.4. The summed E-state index contributed by atoms with van der Waals surface area (Å²) >= 11 is 12.6. The van der Waals surface area contributed by atoms with E-state index in [9.17, 15) is 4.79 Å². The first kappa shape index (κ1) is 30.3. The molecule has 12 heteroatoms. The maximum Gasteiger partial charge on any atom is 0.303 e. The number of aliphatic carboxylic acids is 1. The molecule has 1 atom stereocenters. The van der Waals surface area contributed by atoms with Gasteiger partial charge in [0.15, 0.2) is 5.75 Å². The summed E-state index contributed by atoms with van der Waals surface area (Å²) in [6.45, 7) is 4.16. The lowest BCUT2D eigenvalue weighted by Crippen LogP contribution is -2.33. The van der Waals surface area contributed by atoms with Gasteiger partial charge in [0.2, 0.25) is 11.8 Å². The normalized spacial score (nSPS) is 18.0. The van der Waals surface area contributed by atoms with Gasteiger partial charge in [-0.15, -0.1) is 12.4 Å². The number of likely N-dealkylation sites (N-methyl/N-ethyl adjacent to an activating group) is 1. The average Bonchev–Trinajstić information content (AvgIpc) is 3.39. The molecule has 0 amide bonds. The lowest BCUT2D eigenvalue weighted by molar-refractivity contribution is -0.138. The SMILES string of the molecule is CN[C@H]1CCN(c2ncc(Oc3cc(CN4CCC(CC(=O)O)CC4)cc(-c4cc(Cl)cc(Cl)c4)n3)cn2)C1.Cl. The number of anilines is 1. The van der Waals surface area contributed by atoms with Gasteiger partial charge in [-0.2, -0.15) is 0 Å². The second-order valence-corrected chi connectivity index (χ2v) is 11.1. The van der Waals surface area contributed by atoms with E-state index in [1.165, 1.54) is 0 Å². The zero-order chi connectivity index (χ0) is 27.4. The van der Waals surface area contributed by atoms with Gasteiger partial charge >= 0.3 is 5.97 Å². The molecule has 0 bridgehead atoms. The Morgan fingerprint density at radius 3 is 2.38 bits per heavy atom. The summed E-state index contributed by atoms with van der Waals surface area (Å²) in [7, 11) is 1.97. The molecule has 1 aromatic carbocycles. The minimum atomic E-state index is -0.728. The molecule has 2 fully saturated rings. The van der Waals surface area contributed by atoms with Crippen LogP contribution in [0.5, 0.6) is 11.6 Å². The van der Waals surface area contributed by atoms with E-state index in [2.05, 4.69) is 25.1 Å². The molecule has 0 spiro atoms. The molecule has 2 saturated heterocycles. The Hall–Kier alpha value is -2.69. The summed E-state index contributed by atoms with van der Waals surface area (Å²) in [6.07, 6.45) is 6.37. The first-order valence-electron chi connectivity index (χ1n) is 13.2. The Morgan fingerprint density at radius 1 is 1.05 bits per heavy atom. The number of hydrogen-bond donors (Lipinski definition) is 2. The van der Waals surface area contributed by atoms with Crippen LogP contribution >= 0.6 is 35.6 Å². The van der Waals surface area contributed by atoms with E-state index < -0.39 is 5.97 Å². The Balaban J connectivity index is 0.00000370. The van der Waals surface area contributed by atoms with Crippen LogP contribution in [0.15, 0.2) is 42.7 Å². The highest BCUT2D eigenvalue weighted by atomic mass is 35.5. The fraction of sp³-hybridized carbons (Fsp3) is 0.429. The average molecular weight is 608 g/mol. The highest BCUT2D eigenvalue weighted by Gasteiger charge is 2.24. The highest BCUT2D eigenvalue weighted by Crippen LogP contribution is 2.31. The highest BCUT2D eigenvalue weighted by molar-refractivity contribution is 6.35. The first-order valence-corrected chi connectivity index (χ1v) is 13.9. The van der Waals surface area contributed by atoms with E-state index in [1.54, 1.807) is 18.5 Å². The second kappa shape index (κ2) is 13.8. The van der Waals surface area contributed by atoms with Crippen LogP contribution in [-0.4, -0.2) is 70.2 Å². The van der Waals surface area contributed by atoms with Crippen molar-refractivity contribution in [1.29, 1.82) is 0 Å². The molecular weight excluding hydrogens is 575 g/mol. The minimum Gasteiger partial charge on any atom is -0.481 e. The van der Waals surface area contributed by atoms with Crippen LogP contribution in [0, 0.1) is 5.92 Å². The van der Waals surface area contributed by atoms with E-state index in [1.807, 2.05) is 31.3 Å². The van der Waals surface area contributed by atoms with Gasteiger partial charge in [0.25, 0.3) is 0 Å². The van der Waals surface area contributed by atoms with E-state index >= 15 is 0 Å². The van der Waals surface area contributed by atoms with Gasteiger partial charge in [0, 0.05) is 53.8 Å². The number of aromatic nitrogens is 3. The summed E-state index contributed by atoms with van der Waals surface area (Å²) in [5.74, 6) is 1.10. The Labute approximate surface area is 250 Å². The predicted molar refractivity (Wildman–Crippen MR) is 159 cm³/mol. The Bertz CT molecular complexity index is 1280. The molecule has 9 nitrogen and oxygen atoms in total. The maximum atomic E-state index is 11.1. The summed E-state index contributed by atoms with van der Waals surface area (Å²) in [5, 5.41) is 13.5. The fourth-order valence-electron chi connectivity index (χ4n) is 5.23. The number of ether oxygens (including phenoxy) is 1. The molecule has 0 aliphatic carbocycles. The molecule has 0 radical (unpaired) electrons. The molecule has 0 saturated carbocycles. The number of halogens is 3. The van der Waals surface area contributed by atoms with Crippen LogP contribution in [0.2, 0.25) is 10.0 Å². The quantitative estimate of drug-likeness (QED) is 0.324. The van der Waals surface area contributed by atoms with Crippen molar-refractivity contribution in [3.05, 3.63) is 58.3 Å². The van der Waals surface area contributed by atoms with Crippen LogP contribution in [0.4, 0.5) is 5.95 Å². The van der Waals surface area contributed by atoms with E-state index in [0.717, 1.165) is 56.6 Å². The van der Waals surface area contributed by atoms with Crippen molar-refractivity contribution < 1.29 is 14.6 Å². The molecule has 2 aliphatic rings. The molecule has 2 aliphatic heterocycles.